The Labute approximate surface area is 119 Å². The highest BCUT2D eigenvalue weighted by Crippen LogP contribution is 2.08. The normalized spacial score (nSPS) is 18.9. The van der Waals surface area contributed by atoms with Crippen molar-refractivity contribution < 1.29 is 14.6 Å². The zero-order chi connectivity index (χ0) is 14.2. The molecule has 0 aliphatic carbocycles. The minimum atomic E-state index is -0.260. The summed E-state index contributed by atoms with van der Waals surface area (Å²) in [5.41, 5.74) is 0.993. The molecule has 110 valence electrons. The molecule has 1 atom stereocenters. The Kier molecular flexibility index (Phi) is 5.83. The van der Waals surface area contributed by atoms with Gasteiger partial charge in [0.05, 0.1) is 0 Å². The summed E-state index contributed by atoms with van der Waals surface area (Å²) in [6.45, 7) is 2.59. The summed E-state index contributed by atoms with van der Waals surface area (Å²) in [4.78, 5) is 13.8. The van der Waals surface area contributed by atoms with Crippen molar-refractivity contribution >= 4 is 6.09 Å². The Morgan fingerprint density at radius 3 is 2.95 bits per heavy atom. The molecule has 1 saturated heterocycles. The molecule has 0 aromatic heterocycles. The molecule has 1 aromatic rings. The number of amides is 1. The number of hydrogen-bond acceptors (Lipinski definition) is 4. The SMILES string of the molecule is O=C(OCc1ccccc1)N1CCN[C@H](CCCO)C1. The van der Waals surface area contributed by atoms with Crippen molar-refractivity contribution in [1.29, 1.82) is 0 Å². The van der Waals surface area contributed by atoms with E-state index in [0.717, 1.165) is 24.9 Å². The van der Waals surface area contributed by atoms with Crippen LogP contribution in [0, 0.1) is 0 Å². The summed E-state index contributed by atoms with van der Waals surface area (Å²) in [6.07, 6.45) is 1.37. The Morgan fingerprint density at radius 2 is 2.20 bits per heavy atom. The van der Waals surface area contributed by atoms with E-state index in [1.807, 2.05) is 30.3 Å². The maximum Gasteiger partial charge on any atom is 0.410 e. The van der Waals surface area contributed by atoms with Crippen LogP contribution in [0.15, 0.2) is 30.3 Å². The van der Waals surface area contributed by atoms with Gasteiger partial charge < -0.3 is 20.1 Å². The van der Waals surface area contributed by atoms with Crippen LogP contribution in [0.4, 0.5) is 4.79 Å². The number of benzene rings is 1. The fraction of sp³-hybridized carbons (Fsp3) is 0.533. The van der Waals surface area contributed by atoms with E-state index in [1.54, 1.807) is 4.90 Å². The molecule has 1 heterocycles. The third-order valence-corrected chi connectivity index (χ3v) is 3.43. The first kappa shape index (κ1) is 14.8. The van der Waals surface area contributed by atoms with Gasteiger partial charge in [-0.1, -0.05) is 30.3 Å². The van der Waals surface area contributed by atoms with Gasteiger partial charge in [0.1, 0.15) is 6.61 Å². The zero-order valence-electron chi connectivity index (χ0n) is 11.6. The lowest BCUT2D eigenvalue weighted by Gasteiger charge is -2.33. The molecule has 20 heavy (non-hydrogen) atoms. The van der Waals surface area contributed by atoms with Crippen LogP contribution in [0.5, 0.6) is 0 Å². The van der Waals surface area contributed by atoms with Crippen molar-refractivity contribution in [2.45, 2.75) is 25.5 Å². The fourth-order valence-corrected chi connectivity index (χ4v) is 2.33. The third-order valence-electron chi connectivity index (χ3n) is 3.43. The summed E-state index contributed by atoms with van der Waals surface area (Å²) < 4.78 is 5.33. The third kappa shape index (κ3) is 4.51. The van der Waals surface area contributed by atoms with Crippen molar-refractivity contribution in [2.24, 2.45) is 0 Å². The number of hydrogen-bond donors (Lipinski definition) is 2. The quantitative estimate of drug-likeness (QED) is 0.854. The van der Waals surface area contributed by atoms with Crippen molar-refractivity contribution in [3.8, 4) is 0 Å². The minimum Gasteiger partial charge on any atom is -0.445 e. The number of carbonyl (C=O) groups excluding carboxylic acids is 1. The second-order valence-corrected chi connectivity index (χ2v) is 5.00. The molecular formula is C15H22N2O3. The molecule has 5 nitrogen and oxygen atoms in total. The Hall–Kier alpha value is -1.59. The number of rotatable bonds is 5. The number of aliphatic hydroxyl groups is 1. The number of ether oxygens (including phenoxy) is 1. The first-order valence-corrected chi connectivity index (χ1v) is 7.09. The van der Waals surface area contributed by atoms with Crippen LogP contribution in [-0.2, 0) is 11.3 Å². The van der Waals surface area contributed by atoms with Gasteiger partial charge in [0.25, 0.3) is 0 Å². The molecule has 1 aromatic carbocycles. The average molecular weight is 278 g/mol. The van der Waals surface area contributed by atoms with E-state index in [4.69, 9.17) is 9.84 Å². The zero-order valence-corrected chi connectivity index (χ0v) is 11.6. The standard InChI is InChI=1S/C15H22N2O3/c18-10-4-7-14-11-17(9-8-16-14)15(19)20-12-13-5-2-1-3-6-13/h1-3,5-6,14,16,18H,4,7-12H2/t14-/m1/s1. The van der Waals surface area contributed by atoms with Gasteiger partial charge in [0.2, 0.25) is 0 Å². The van der Waals surface area contributed by atoms with Gasteiger partial charge in [-0.15, -0.1) is 0 Å². The minimum absolute atomic E-state index is 0.191. The molecule has 1 amide bonds. The topological polar surface area (TPSA) is 61.8 Å². The lowest BCUT2D eigenvalue weighted by atomic mass is 10.1. The van der Waals surface area contributed by atoms with Gasteiger partial charge in [-0.05, 0) is 18.4 Å². The van der Waals surface area contributed by atoms with E-state index in [2.05, 4.69) is 5.32 Å². The van der Waals surface area contributed by atoms with Crippen LogP contribution >= 0.6 is 0 Å². The van der Waals surface area contributed by atoms with Crippen LogP contribution in [0.25, 0.3) is 0 Å². The van der Waals surface area contributed by atoms with E-state index in [9.17, 15) is 4.79 Å². The molecule has 1 aliphatic rings. The maximum absolute atomic E-state index is 12.0. The van der Waals surface area contributed by atoms with E-state index >= 15 is 0 Å². The number of piperazine rings is 1. The molecular weight excluding hydrogens is 256 g/mol. The van der Waals surface area contributed by atoms with Gasteiger partial charge in [-0.2, -0.15) is 0 Å². The Bertz CT molecular complexity index is 411. The predicted molar refractivity (Wildman–Crippen MR) is 76.3 cm³/mol. The van der Waals surface area contributed by atoms with E-state index < -0.39 is 0 Å². The molecule has 5 heteroatoms. The van der Waals surface area contributed by atoms with Gasteiger partial charge >= 0.3 is 6.09 Å². The summed E-state index contributed by atoms with van der Waals surface area (Å²) in [5.74, 6) is 0. The van der Waals surface area contributed by atoms with Crippen molar-refractivity contribution in [3.63, 3.8) is 0 Å². The van der Waals surface area contributed by atoms with Crippen LogP contribution in [0.1, 0.15) is 18.4 Å². The van der Waals surface area contributed by atoms with Crippen molar-refractivity contribution in [3.05, 3.63) is 35.9 Å². The van der Waals surface area contributed by atoms with Crippen molar-refractivity contribution in [2.75, 3.05) is 26.2 Å². The molecule has 0 bridgehead atoms. The van der Waals surface area contributed by atoms with Crippen LogP contribution in [0.3, 0.4) is 0 Å². The van der Waals surface area contributed by atoms with E-state index in [-0.39, 0.29) is 18.7 Å². The highest BCUT2D eigenvalue weighted by Gasteiger charge is 2.23. The summed E-state index contributed by atoms with van der Waals surface area (Å²) in [7, 11) is 0. The number of nitrogens with zero attached hydrogens (tertiary/aromatic N) is 1. The first-order chi connectivity index (χ1) is 9.79. The van der Waals surface area contributed by atoms with Gasteiger partial charge in [0.15, 0.2) is 0 Å². The second kappa shape index (κ2) is 7.87. The van der Waals surface area contributed by atoms with Gasteiger partial charge in [-0.3, -0.25) is 0 Å². The number of nitrogens with one attached hydrogen (secondary N) is 1. The molecule has 0 radical (unpaired) electrons. The molecule has 1 fully saturated rings. The van der Waals surface area contributed by atoms with E-state index in [0.29, 0.717) is 19.7 Å². The predicted octanol–water partition coefficient (Wildman–Crippen LogP) is 1.37. The first-order valence-electron chi connectivity index (χ1n) is 7.09. The highest BCUT2D eigenvalue weighted by molar-refractivity contribution is 5.67. The van der Waals surface area contributed by atoms with Crippen LogP contribution in [0.2, 0.25) is 0 Å². The van der Waals surface area contributed by atoms with Crippen LogP contribution < -0.4 is 5.32 Å². The summed E-state index contributed by atoms with van der Waals surface area (Å²) in [6, 6.07) is 9.93. The van der Waals surface area contributed by atoms with Gasteiger partial charge in [-0.25, -0.2) is 4.79 Å². The molecule has 0 unspecified atom stereocenters. The van der Waals surface area contributed by atoms with Crippen molar-refractivity contribution in [1.82, 2.24) is 10.2 Å². The second-order valence-electron chi connectivity index (χ2n) is 5.00. The monoisotopic (exact) mass is 278 g/mol. The number of aliphatic hydroxyl groups excluding tert-OH is 1. The summed E-state index contributed by atoms with van der Waals surface area (Å²) in [5, 5.41) is 12.2. The van der Waals surface area contributed by atoms with Gasteiger partial charge in [0, 0.05) is 32.3 Å². The molecule has 0 spiro atoms. The molecule has 2 N–H and O–H groups in total. The Balaban J connectivity index is 1.77. The van der Waals surface area contributed by atoms with Crippen LogP contribution in [-0.4, -0.2) is 48.4 Å². The number of carbonyl (C=O) groups is 1. The average Bonchev–Trinajstić information content (AvgIpc) is 2.52. The largest absolute Gasteiger partial charge is 0.445 e. The smallest absolute Gasteiger partial charge is 0.410 e. The molecule has 2 rings (SSSR count). The molecule has 0 saturated carbocycles. The molecule has 1 aliphatic heterocycles. The summed E-state index contributed by atoms with van der Waals surface area (Å²) >= 11 is 0. The van der Waals surface area contributed by atoms with E-state index in [1.165, 1.54) is 0 Å². The lowest BCUT2D eigenvalue weighted by Crippen LogP contribution is -2.52. The Morgan fingerprint density at radius 1 is 1.40 bits per heavy atom. The lowest BCUT2D eigenvalue weighted by molar-refractivity contribution is 0.0836. The highest BCUT2D eigenvalue weighted by atomic mass is 16.6. The fourth-order valence-electron chi connectivity index (χ4n) is 2.33. The maximum atomic E-state index is 12.0.